The van der Waals surface area contributed by atoms with E-state index in [1.165, 1.54) is 12.3 Å². The summed E-state index contributed by atoms with van der Waals surface area (Å²) in [4.78, 5) is 38.4. The molecule has 0 aliphatic heterocycles. The molecule has 0 fully saturated rings. The third kappa shape index (κ3) is 5.08. The Morgan fingerprint density at radius 3 is 2.39 bits per heavy atom. The van der Waals surface area contributed by atoms with Gasteiger partial charge in [0.2, 0.25) is 5.91 Å². The van der Waals surface area contributed by atoms with Gasteiger partial charge in [0.1, 0.15) is 5.69 Å². The summed E-state index contributed by atoms with van der Waals surface area (Å²) in [5, 5.41) is 5.45. The van der Waals surface area contributed by atoms with Crippen LogP contribution in [0.5, 0.6) is 0 Å². The fourth-order valence-corrected chi connectivity index (χ4v) is 2.81. The Labute approximate surface area is 169 Å². The molecule has 0 spiro atoms. The Kier molecular flexibility index (Phi) is 5.90. The van der Waals surface area contributed by atoms with E-state index in [4.69, 9.17) is 5.73 Å². The Balaban J connectivity index is 1.63. The zero-order valence-electron chi connectivity index (χ0n) is 14.7. The molecule has 1 heterocycles. The van der Waals surface area contributed by atoms with Gasteiger partial charge in [-0.2, -0.15) is 0 Å². The Bertz CT molecular complexity index is 1030. The number of benzene rings is 2. The Hall–Kier alpha value is -3.39. The largest absolute Gasteiger partial charge is 0.364 e. The zero-order valence-corrected chi connectivity index (χ0v) is 16.2. The summed E-state index contributed by atoms with van der Waals surface area (Å²) in [6, 6.07) is 15.5. The van der Waals surface area contributed by atoms with E-state index in [1.54, 1.807) is 24.3 Å². The molecule has 28 heavy (non-hydrogen) atoms. The highest BCUT2D eigenvalue weighted by atomic mass is 79.9. The summed E-state index contributed by atoms with van der Waals surface area (Å²) >= 11 is 3.36. The van der Waals surface area contributed by atoms with Gasteiger partial charge in [0.15, 0.2) is 0 Å². The number of aromatic nitrogens is 1. The van der Waals surface area contributed by atoms with E-state index in [0.29, 0.717) is 16.9 Å². The molecule has 3 amide bonds. The number of carbonyl (C=O) groups excluding carboxylic acids is 3. The maximum atomic E-state index is 12.4. The number of carbonyl (C=O) groups is 3. The molecule has 0 bridgehead atoms. The summed E-state index contributed by atoms with van der Waals surface area (Å²) in [6.45, 7) is 0. The molecule has 0 saturated heterocycles. The number of rotatable bonds is 6. The van der Waals surface area contributed by atoms with Gasteiger partial charge < -0.3 is 21.4 Å². The first-order valence-electron chi connectivity index (χ1n) is 8.34. The van der Waals surface area contributed by atoms with Crippen LogP contribution in [0.1, 0.15) is 26.4 Å². The zero-order chi connectivity index (χ0) is 20.1. The number of halogens is 1. The minimum atomic E-state index is -0.615. The monoisotopic (exact) mass is 440 g/mol. The van der Waals surface area contributed by atoms with E-state index in [9.17, 15) is 14.4 Å². The van der Waals surface area contributed by atoms with Crippen LogP contribution in [0.25, 0.3) is 0 Å². The quantitative estimate of drug-likeness (QED) is 0.470. The predicted molar refractivity (Wildman–Crippen MR) is 110 cm³/mol. The molecule has 8 heteroatoms. The molecular formula is C20H17BrN4O3. The molecule has 0 unspecified atom stereocenters. The highest BCUT2D eigenvalue weighted by Gasteiger charge is 2.11. The summed E-state index contributed by atoms with van der Waals surface area (Å²) in [5.74, 6) is -1.17. The van der Waals surface area contributed by atoms with Crippen molar-refractivity contribution in [3.63, 3.8) is 0 Å². The number of amides is 3. The number of nitrogens with one attached hydrogen (secondary N) is 3. The second-order valence-corrected chi connectivity index (χ2v) is 6.97. The molecule has 1 aromatic heterocycles. The predicted octanol–water partition coefficient (Wildman–Crippen LogP) is 3.31. The first kappa shape index (κ1) is 19.4. The highest BCUT2D eigenvalue weighted by Crippen LogP contribution is 2.16. The average Bonchev–Trinajstić information content (AvgIpc) is 3.12. The maximum Gasteiger partial charge on any atom is 0.265 e. The van der Waals surface area contributed by atoms with Crippen LogP contribution in [0.4, 0.5) is 11.4 Å². The summed E-state index contributed by atoms with van der Waals surface area (Å²) in [7, 11) is 0. The van der Waals surface area contributed by atoms with Crippen molar-refractivity contribution >= 4 is 45.0 Å². The number of aromatic amines is 1. The van der Waals surface area contributed by atoms with Crippen molar-refractivity contribution in [2.24, 2.45) is 5.73 Å². The molecule has 0 atom stereocenters. The van der Waals surface area contributed by atoms with Crippen LogP contribution in [0, 0.1) is 0 Å². The molecule has 3 aromatic rings. The number of hydrogen-bond acceptors (Lipinski definition) is 3. The average molecular weight is 441 g/mol. The molecular weight excluding hydrogens is 424 g/mol. The Morgan fingerprint density at radius 2 is 1.71 bits per heavy atom. The van der Waals surface area contributed by atoms with Gasteiger partial charge in [-0.1, -0.05) is 34.1 Å². The molecule has 2 aromatic carbocycles. The molecule has 0 saturated carbocycles. The minimum Gasteiger partial charge on any atom is -0.364 e. The van der Waals surface area contributed by atoms with Gasteiger partial charge in [-0.25, -0.2) is 0 Å². The molecule has 142 valence electrons. The van der Waals surface area contributed by atoms with Crippen LogP contribution in [0.3, 0.4) is 0 Å². The van der Waals surface area contributed by atoms with Gasteiger partial charge in [-0.3, -0.25) is 14.4 Å². The van der Waals surface area contributed by atoms with Gasteiger partial charge in [0.05, 0.1) is 12.1 Å². The van der Waals surface area contributed by atoms with E-state index < -0.39 is 5.91 Å². The van der Waals surface area contributed by atoms with Crippen molar-refractivity contribution in [3.05, 3.63) is 82.1 Å². The maximum absolute atomic E-state index is 12.4. The number of nitrogens with two attached hydrogens (primary N) is 1. The second-order valence-electron chi connectivity index (χ2n) is 6.05. The minimum absolute atomic E-state index is 0.184. The molecule has 0 aliphatic rings. The van der Waals surface area contributed by atoms with Gasteiger partial charge in [-0.15, -0.1) is 0 Å². The number of hydrogen-bond donors (Lipinski definition) is 4. The number of H-pyrrole nitrogens is 1. The number of primary amides is 1. The van der Waals surface area contributed by atoms with Gasteiger partial charge in [0, 0.05) is 21.9 Å². The fraction of sp³-hybridized carbons (Fsp3) is 0.0500. The SMILES string of the molecule is NC(=O)c1cc(NC(=O)c2cccc(NC(=O)Cc3ccc(Br)cc3)c2)c[nH]1. The smallest absolute Gasteiger partial charge is 0.265 e. The normalized spacial score (nSPS) is 10.3. The van der Waals surface area contributed by atoms with Crippen molar-refractivity contribution in [3.8, 4) is 0 Å². The van der Waals surface area contributed by atoms with E-state index in [0.717, 1.165) is 10.0 Å². The van der Waals surface area contributed by atoms with Gasteiger partial charge in [0.25, 0.3) is 11.8 Å². The second kappa shape index (κ2) is 8.53. The van der Waals surface area contributed by atoms with Crippen molar-refractivity contribution < 1.29 is 14.4 Å². The topological polar surface area (TPSA) is 117 Å². The fourth-order valence-electron chi connectivity index (χ4n) is 2.54. The van der Waals surface area contributed by atoms with Crippen LogP contribution in [-0.2, 0) is 11.2 Å². The number of anilines is 2. The molecule has 0 aliphatic carbocycles. The van der Waals surface area contributed by atoms with E-state index >= 15 is 0 Å². The molecule has 7 nitrogen and oxygen atoms in total. The summed E-state index contributed by atoms with van der Waals surface area (Å²) in [5.41, 5.74) is 7.55. The van der Waals surface area contributed by atoms with Crippen LogP contribution >= 0.6 is 15.9 Å². The lowest BCUT2D eigenvalue weighted by Crippen LogP contribution is -2.16. The molecule has 0 radical (unpaired) electrons. The van der Waals surface area contributed by atoms with E-state index in [1.807, 2.05) is 24.3 Å². The Morgan fingerprint density at radius 1 is 0.964 bits per heavy atom. The van der Waals surface area contributed by atoms with Crippen LogP contribution in [0.15, 0.2) is 65.3 Å². The van der Waals surface area contributed by atoms with Crippen LogP contribution in [-0.4, -0.2) is 22.7 Å². The first-order valence-corrected chi connectivity index (χ1v) is 9.14. The molecule has 3 rings (SSSR count). The third-order valence-corrected chi connectivity index (χ3v) is 4.42. The van der Waals surface area contributed by atoms with Crippen molar-refractivity contribution in [1.29, 1.82) is 0 Å². The van der Waals surface area contributed by atoms with Crippen LogP contribution in [0.2, 0.25) is 0 Å². The van der Waals surface area contributed by atoms with Gasteiger partial charge >= 0.3 is 0 Å². The van der Waals surface area contributed by atoms with Crippen molar-refractivity contribution in [2.75, 3.05) is 10.6 Å². The molecule has 5 N–H and O–H groups in total. The van der Waals surface area contributed by atoms with Crippen molar-refractivity contribution in [2.45, 2.75) is 6.42 Å². The first-order chi connectivity index (χ1) is 13.4. The van der Waals surface area contributed by atoms with Crippen molar-refractivity contribution in [1.82, 2.24) is 4.98 Å². The highest BCUT2D eigenvalue weighted by molar-refractivity contribution is 9.10. The lowest BCUT2D eigenvalue weighted by Gasteiger charge is -2.08. The standard InChI is InChI=1S/C20H17BrN4O3/c21-14-6-4-12(5-7-14)8-18(26)24-15-3-1-2-13(9-15)20(28)25-16-10-17(19(22)27)23-11-16/h1-7,9-11,23H,8H2,(H2,22,27)(H,24,26)(H,25,28). The third-order valence-electron chi connectivity index (χ3n) is 3.89. The summed E-state index contributed by atoms with van der Waals surface area (Å²) < 4.78 is 0.945. The van der Waals surface area contributed by atoms with E-state index in [-0.39, 0.29) is 23.9 Å². The van der Waals surface area contributed by atoms with E-state index in [2.05, 4.69) is 31.5 Å². The van der Waals surface area contributed by atoms with Gasteiger partial charge in [-0.05, 0) is 42.0 Å². The lowest BCUT2D eigenvalue weighted by atomic mass is 10.1. The summed E-state index contributed by atoms with van der Waals surface area (Å²) in [6.07, 6.45) is 1.70. The van der Waals surface area contributed by atoms with Crippen LogP contribution < -0.4 is 16.4 Å². The lowest BCUT2D eigenvalue weighted by molar-refractivity contribution is -0.115.